The lowest BCUT2D eigenvalue weighted by Gasteiger charge is -2.07. The number of nitrogens with zero attached hydrogens (tertiary/aromatic N) is 1. The molecule has 0 aliphatic carbocycles. The highest BCUT2D eigenvalue weighted by Gasteiger charge is 2.06. The minimum absolute atomic E-state index is 0.571. The minimum Gasteiger partial charge on any atom is -0.497 e. The number of methoxy groups -OCH3 is 2. The standard InChI is InChI=1S/C12H16N2O4/c1-8(15)12(16)14-13-7-9-4-5-10(17-2)6-11(9)18-3/h4-8,15H,1-3H3,(H,14,16)/b13-7-/t8-/m0/s1. The maximum Gasteiger partial charge on any atom is 0.268 e. The molecule has 0 saturated carbocycles. The molecule has 0 unspecified atom stereocenters. The molecule has 1 amide bonds. The van der Waals surface area contributed by atoms with Gasteiger partial charge in [-0.25, -0.2) is 5.43 Å². The largest absolute Gasteiger partial charge is 0.497 e. The molecule has 0 aliphatic heterocycles. The second-order valence-corrected chi connectivity index (χ2v) is 3.52. The third kappa shape index (κ3) is 3.74. The van der Waals surface area contributed by atoms with Crippen molar-refractivity contribution in [2.45, 2.75) is 13.0 Å². The molecule has 18 heavy (non-hydrogen) atoms. The first-order valence-electron chi connectivity index (χ1n) is 5.31. The van der Waals surface area contributed by atoms with E-state index in [1.807, 2.05) is 0 Å². The summed E-state index contributed by atoms with van der Waals surface area (Å²) in [7, 11) is 3.09. The van der Waals surface area contributed by atoms with E-state index in [1.165, 1.54) is 20.2 Å². The van der Waals surface area contributed by atoms with E-state index in [-0.39, 0.29) is 0 Å². The summed E-state index contributed by atoms with van der Waals surface area (Å²) in [5.74, 6) is 0.667. The Labute approximate surface area is 105 Å². The zero-order valence-corrected chi connectivity index (χ0v) is 10.5. The number of ether oxygens (including phenoxy) is 2. The van der Waals surface area contributed by atoms with E-state index in [0.29, 0.717) is 17.1 Å². The van der Waals surface area contributed by atoms with Crippen LogP contribution in [-0.4, -0.2) is 37.6 Å². The molecule has 0 bridgehead atoms. The molecule has 6 heteroatoms. The molecule has 2 N–H and O–H groups in total. The Bertz CT molecular complexity index is 444. The van der Waals surface area contributed by atoms with Crippen LogP contribution in [0.2, 0.25) is 0 Å². The molecular weight excluding hydrogens is 236 g/mol. The normalized spacial score (nSPS) is 12.2. The third-order valence-corrected chi connectivity index (χ3v) is 2.20. The van der Waals surface area contributed by atoms with Crippen LogP contribution in [0.3, 0.4) is 0 Å². The first-order valence-corrected chi connectivity index (χ1v) is 5.31. The fourth-order valence-corrected chi connectivity index (χ4v) is 1.18. The predicted molar refractivity (Wildman–Crippen MR) is 67.0 cm³/mol. The molecule has 1 rings (SSSR count). The second-order valence-electron chi connectivity index (χ2n) is 3.52. The van der Waals surface area contributed by atoms with Crippen LogP contribution in [0.15, 0.2) is 23.3 Å². The van der Waals surface area contributed by atoms with Crippen molar-refractivity contribution in [2.24, 2.45) is 5.10 Å². The van der Waals surface area contributed by atoms with Gasteiger partial charge in [-0.1, -0.05) is 0 Å². The monoisotopic (exact) mass is 252 g/mol. The van der Waals surface area contributed by atoms with Crippen molar-refractivity contribution in [3.8, 4) is 11.5 Å². The Balaban J connectivity index is 2.78. The number of nitrogens with one attached hydrogen (secondary N) is 1. The molecule has 1 aromatic carbocycles. The first-order chi connectivity index (χ1) is 8.58. The molecule has 98 valence electrons. The molecule has 0 fully saturated rings. The fourth-order valence-electron chi connectivity index (χ4n) is 1.18. The van der Waals surface area contributed by atoms with Gasteiger partial charge in [0.2, 0.25) is 0 Å². The molecule has 6 nitrogen and oxygen atoms in total. The van der Waals surface area contributed by atoms with Crippen LogP contribution in [0.4, 0.5) is 0 Å². The zero-order chi connectivity index (χ0) is 13.5. The SMILES string of the molecule is COc1ccc(/C=N\NC(=O)[C@H](C)O)c(OC)c1. The lowest BCUT2D eigenvalue weighted by molar-refractivity contribution is -0.128. The van der Waals surface area contributed by atoms with Crippen LogP contribution in [0.1, 0.15) is 12.5 Å². The number of aliphatic hydroxyl groups excluding tert-OH is 1. The van der Waals surface area contributed by atoms with Crippen LogP contribution in [-0.2, 0) is 4.79 Å². The number of amides is 1. The van der Waals surface area contributed by atoms with Crippen LogP contribution in [0.5, 0.6) is 11.5 Å². The minimum atomic E-state index is -1.10. The molecule has 0 saturated heterocycles. The van der Waals surface area contributed by atoms with Gasteiger partial charge in [0.15, 0.2) is 0 Å². The number of hydrazone groups is 1. The number of hydrogen-bond donors (Lipinski definition) is 2. The quantitative estimate of drug-likeness (QED) is 0.592. The number of benzene rings is 1. The summed E-state index contributed by atoms with van der Waals surface area (Å²) in [6, 6.07) is 5.20. The average molecular weight is 252 g/mol. The molecule has 0 aliphatic rings. The van der Waals surface area contributed by atoms with Gasteiger partial charge in [-0.05, 0) is 19.1 Å². The second kappa shape index (κ2) is 6.61. The summed E-state index contributed by atoms with van der Waals surface area (Å²) in [6.45, 7) is 1.36. The Morgan fingerprint density at radius 3 is 2.72 bits per heavy atom. The summed E-state index contributed by atoms with van der Waals surface area (Å²) in [4.78, 5) is 11.1. The van der Waals surface area contributed by atoms with E-state index in [0.717, 1.165) is 0 Å². The lowest BCUT2D eigenvalue weighted by Crippen LogP contribution is -2.28. The Morgan fingerprint density at radius 1 is 1.44 bits per heavy atom. The van der Waals surface area contributed by atoms with E-state index >= 15 is 0 Å². The van der Waals surface area contributed by atoms with Gasteiger partial charge in [0, 0.05) is 11.6 Å². The predicted octanol–water partition coefficient (Wildman–Crippen LogP) is 0.535. The highest BCUT2D eigenvalue weighted by molar-refractivity contribution is 5.86. The fraction of sp³-hybridized carbons (Fsp3) is 0.333. The van der Waals surface area contributed by atoms with E-state index < -0.39 is 12.0 Å². The van der Waals surface area contributed by atoms with E-state index in [9.17, 15) is 4.79 Å². The highest BCUT2D eigenvalue weighted by atomic mass is 16.5. The average Bonchev–Trinajstić information content (AvgIpc) is 2.38. The number of carbonyl (C=O) groups is 1. The highest BCUT2D eigenvalue weighted by Crippen LogP contribution is 2.22. The Hall–Kier alpha value is -2.08. The van der Waals surface area contributed by atoms with Crippen molar-refractivity contribution in [1.29, 1.82) is 0 Å². The molecule has 0 heterocycles. The van der Waals surface area contributed by atoms with E-state index in [1.54, 1.807) is 25.3 Å². The topological polar surface area (TPSA) is 80.2 Å². The summed E-state index contributed by atoms with van der Waals surface area (Å²) in [5.41, 5.74) is 2.89. The van der Waals surface area contributed by atoms with Crippen molar-refractivity contribution < 1.29 is 19.4 Å². The van der Waals surface area contributed by atoms with Crippen LogP contribution in [0, 0.1) is 0 Å². The van der Waals surface area contributed by atoms with Gasteiger partial charge in [-0.15, -0.1) is 0 Å². The van der Waals surface area contributed by atoms with Gasteiger partial charge in [-0.2, -0.15) is 5.10 Å². The number of hydrogen-bond acceptors (Lipinski definition) is 5. The van der Waals surface area contributed by atoms with Gasteiger partial charge >= 0.3 is 0 Å². The van der Waals surface area contributed by atoms with Gasteiger partial charge < -0.3 is 14.6 Å². The number of aliphatic hydroxyl groups is 1. The Morgan fingerprint density at radius 2 is 2.17 bits per heavy atom. The van der Waals surface area contributed by atoms with Crippen molar-refractivity contribution in [2.75, 3.05) is 14.2 Å². The summed E-state index contributed by atoms with van der Waals surface area (Å²) >= 11 is 0. The zero-order valence-electron chi connectivity index (χ0n) is 10.5. The van der Waals surface area contributed by atoms with Gasteiger partial charge in [0.1, 0.15) is 17.6 Å². The molecule has 1 aromatic rings. The maximum atomic E-state index is 11.1. The van der Waals surface area contributed by atoms with Crippen molar-refractivity contribution >= 4 is 12.1 Å². The van der Waals surface area contributed by atoms with Gasteiger partial charge in [0.25, 0.3) is 5.91 Å². The summed E-state index contributed by atoms with van der Waals surface area (Å²) in [6.07, 6.45) is 0.332. The van der Waals surface area contributed by atoms with Crippen LogP contribution >= 0.6 is 0 Å². The molecule has 0 spiro atoms. The first kappa shape index (κ1) is 14.0. The van der Waals surface area contributed by atoms with Gasteiger partial charge in [-0.3, -0.25) is 4.79 Å². The molecular formula is C12H16N2O4. The lowest BCUT2D eigenvalue weighted by atomic mass is 10.2. The molecule has 0 aromatic heterocycles. The summed E-state index contributed by atoms with van der Waals surface area (Å²) in [5, 5.41) is 12.7. The molecule has 1 atom stereocenters. The Kier molecular flexibility index (Phi) is 5.13. The van der Waals surface area contributed by atoms with E-state index in [4.69, 9.17) is 14.6 Å². The van der Waals surface area contributed by atoms with Crippen molar-refractivity contribution in [1.82, 2.24) is 5.43 Å². The summed E-state index contributed by atoms with van der Waals surface area (Å²) < 4.78 is 10.2. The smallest absolute Gasteiger partial charge is 0.268 e. The number of rotatable bonds is 5. The van der Waals surface area contributed by atoms with Crippen molar-refractivity contribution in [3.05, 3.63) is 23.8 Å². The molecule has 0 radical (unpaired) electrons. The van der Waals surface area contributed by atoms with Crippen LogP contribution < -0.4 is 14.9 Å². The van der Waals surface area contributed by atoms with E-state index in [2.05, 4.69) is 10.5 Å². The third-order valence-electron chi connectivity index (χ3n) is 2.20. The van der Waals surface area contributed by atoms with Crippen LogP contribution in [0.25, 0.3) is 0 Å². The van der Waals surface area contributed by atoms with Gasteiger partial charge in [0.05, 0.1) is 20.4 Å². The van der Waals surface area contributed by atoms with Crippen molar-refractivity contribution in [3.63, 3.8) is 0 Å². The number of carbonyl (C=O) groups excluding carboxylic acids is 1. The maximum absolute atomic E-state index is 11.1.